The van der Waals surface area contributed by atoms with Crippen molar-refractivity contribution < 1.29 is 4.42 Å². The van der Waals surface area contributed by atoms with E-state index in [1.807, 2.05) is 0 Å². The topological polar surface area (TPSA) is 28.4 Å². The summed E-state index contributed by atoms with van der Waals surface area (Å²) < 4.78 is 5.70. The largest absolute Gasteiger partial charge is 0.465 e. The molecule has 1 atom stereocenters. The van der Waals surface area contributed by atoms with E-state index in [0.29, 0.717) is 6.04 Å². The molecule has 1 aliphatic heterocycles. The first-order valence-corrected chi connectivity index (χ1v) is 5.78. The standard InChI is InChI=1S/C12H20N2O/c1-3-11-4-5-12(15-11)9-14(2)10-6-7-13-8-10/h4-5,10,13H,3,6-9H2,1-2H3. The minimum Gasteiger partial charge on any atom is -0.465 e. The van der Waals surface area contributed by atoms with Crippen molar-refractivity contribution >= 4 is 0 Å². The van der Waals surface area contributed by atoms with Gasteiger partial charge in [0.15, 0.2) is 0 Å². The molecule has 2 heterocycles. The van der Waals surface area contributed by atoms with Crippen LogP contribution in [-0.2, 0) is 13.0 Å². The molecule has 0 aromatic carbocycles. The van der Waals surface area contributed by atoms with Gasteiger partial charge in [-0.3, -0.25) is 4.90 Å². The number of hydrogen-bond donors (Lipinski definition) is 1. The fraction of sp³-hybridized carbons (Fsp3) is 0.667. The lowest BCUT2D eigenvalue weighted by molar-refractivity contribution is 0.227. The highest BCUT2D eigenvalue weighted by molar-refractivity contribution is 5.07. The average molecular weight is 208 g/mol. The van der Waals surface area contributed by atoms with E-state index >= 15 is 0 Å². The minimum absolute atomic E-state index is 0.667. The third-order valence-corrected chi connectivity index (χ3v) is 3.13. The number of furan rings is 1. The van der Waals surface area contributed by atoms with Gasteiger partial charge in [0, 0.05) is 19.0 Å². The molecule has 3 nitrogen and oxygen atoms in total. The normalized spacial score (nSPS) is 21.4. The molecule has 1 saturated heterocycles. The zero-order valence-corrected chi connectivity index (χ0v) is 9.62. The number of hydrogen-bond acceptors (Lipinski definition) is 3. The molecule has 1 aliphatic rings. The molecule has 0 aliphatic carbocycles. The van der Waals surface area contributed by atoms with Crippen LogP contribution < -0.4 is 5.32 Å². The van der Waals surface area contributed by atoms with E-state index in [4.69, 9.17) is 4.42 Å². The summed E-state index contributed by atoms with van der Waals surface area (Å²) in [5, 5.41) is 3.38. The lowest BCUT2D eigenvalue weighted by Gasteiger charge is -2.21. The van der Waals surface area contributed by atoms with Crippen LogP contribution in [0.4, 0.5) is 0 Å². The van der Waals surface area contributed by atoms with Crippen molar-refractivity contribution in [1.82, 2.24) is 10.2 Å². The maximum absolute atomic E-state index is 5.70. The van der Waals surface area contributed by atoms with E-state index in [2.05, 4.69) is 36.3 Å². The van der Waals surface area contributed by atoms with Crippen LogP contribution in [0.25, 0.3) is 0 Å². The summed E-state index contributed by atoms with van der Waals surface area (Å²) in [6, 6.07) is 4.84. The smallest absolute Gasteiger partial charge is 0.118 e. The second kappa shape index (κ2) is 4.81. The first kappa shape index (κ1) is 10.7. The Balaban J connectivity index is 1.89. The van der Waals surface area contributed by atoms with E-state index in [1.165, 1.54) is 6.42 Å². The van der Waals surface area contributed by atoms with E-state index < -0.39 is 0 Å². The molecule has 3 heteroatoms. The van der Waals surface area contributed by atoms with Crippen LogP contribution >= 0.6 is 0 Å². The zero-order chi connectivity index (χ0) is 10.7. The van der Waals surface area contributed by atoms with Gasteiger partial charge in [0.2, 0.25) is 0 Å². The molecule has 1 aromatic heterocycles. The lowest BCUT2D eigenvalue weighted by Crippen LogP contribution is -2.32. The predicted molar refractivity (Wildman–Crippen MR) is 60.8 cm³/mol. The Hall–Kier alpha value is -0.800. The molecule has 0 radical (unpaired) electrons. The van der Waals surface area contributed by atoms with Crippen LogP contribution in [0.2, 0.25) is 0 Å². The Labute approximate surface area is 91.4 Å². The van der Waals surface area contributed by atoms with Crippen molar-refractivity contribution in [3.05, 3.63) is 23.7 Å². The highest BCUT2D eigenvalue weighted by Gasteiger charge is 2.19. The van der Waals surface area contributed by atoms with Crippen LogP contribution in [-0.4, -0.2) is 31.1 Å². The Kier molecular flexibility index (Phi) is 3.44. The molecule has 84 valence electrons. The van der Waals surface area contributed by atoms with Gasteiger partial charge in [-0.05, 0) is 32.1 Å². The molecule has 1 unspecified atom stereocenters. The first-order chi connectivity index (χ1) is 7.29. The Morgan fingerprint density at radius 2 is 2.27 bits per heavy atom. The highest BCUT2D eigenvalue weighted by Crippen LogP contribution is 2.14. The lowest BCUT2D eigenvalue weighted by atomic mass is 10.2. The second-order valence-electron chi connectivity index (χ2n) is 4.28. The van der Waals surface area contributed by atoms with Crippen molar-refractivity contribution in [2.75, 3.05) is 20.1 Å². The van der Waals surface area contributed by atoms with Gasteiger partial charge in [0.1, 0.15) is 11.5 Å². The minimum atomic E-state index is 0.667. The van der Waals surface area contributed by atoms with Gasteiger partial charge < -0.3 is 9.73 Å². The molecule has 0 spiro atoms. The monoisotopic (exact) mass is 208 g/mol. The summed E-state index contributed by atoms with van der Waals surface area (Å²) in [5.41, 5.74) is 0. The van der Waals surface area contributed by atoms with E-state index in [-0.39, 0.29) is 0 Å². The fourth-order valence-corrected chi connectivity index (χ4v) is 2.09. The maximum Gasteiger partial charge on any atom is 0.118 e. The van der Waals surface area contributed by atoms with Crippen molar-refractivity contribution in [1.29, 1.82) is 0 Å². The summed E-state index contributed by atoms with van der Waals surface area (Å²) in [6.07, 6.45) is 2.23. The number of rotatable bonds is 4. The molecule has 1 N–H and O–H groups in total. The van der Waals surface area contributed by atoms with Gasteiger partial charge in [-0.15, -0.1) is 0 Å². The molecule has 0 amide bonds. The molecular formula is C12H20N2O. The molecule has 1 fully saturated rings. The van der Waals surface area contributed by atoms with Crippen LogP contribution in [0.1, 0.15) is 24.9 Å². The van der Waals surface area contributed by atoms with Crippen molar-refractivity contribution in [3.8, 4) is 0 Å². The fourth-order valence-electron chi connectivity index (χ4n) is 2.09. The summed E-state index contributed by atoms with van der Waals surface area (Å²) >= 11 is 0. The Morgan fingerprint density at radius 1 is 1.47 bits per heavy atom. The highest BCUT2D eigenvalue weighted by atomic mass is 16.3. The molecule has 1 aromatic rings. The Bertz CT molecular complexity index is 302. The zero-order valence-electron chi connectivity index (χ0n) is 9.62. The van der Waals surface area contributed by atoms with Gasteiger partial charge in [0.25, 0.3) is 0 Å². The number of nitrogens with zero attached hydrogens (tertiary/aromatic N) is 1. The SMILES string of the molecule is CCc1ccc(CN(C)C2CCNC2)o1. The van der Waals surface area contributed by atoms with Gasteiger partial charge >= 0.3 is 0 Å². The van der Waals surface area contributed by atoms with Crippen LogP contribution in [0, 0.1) is 0 Å². The summed E-state index contributed by atoms with van der Waals surface area (Å²) in [4.78, 5) is 2.37. The van der Waals surface area contributed by atoms with Gasteiger partial charge in [0.05, 0.1) is 6.54 Å². The number of aryl methyl sites for hydroxylation is 1. The molecule has 15 heavy (non-hydrogen) atoms. The third kappa shape index (κ3) is 2.61. The first-order valence-electron chi connectivity index (χ1n) is 5.78. The molecule has 0 saturated carbocycles. The van der Waals surface area contributed by atoms with E-state index in [9.17, 15) is 0 Å². The third-order valence-electron chi connectivity index (χ3n) is 3.13. The van der Waals surface area contributed by atoms with Gasteiger partial charge in [-0.25, -0.2) is 0 Å². The van der Waals surface area contributed by atoms with E-state index in [0.717, 1.165) is 37.6 Å². The van der Waals surface area contributed by atoms with Crippen LogP contribution in [0.15, 0.2) is 16.5 Å². The van der Waals surface area contributed by atoms with E-state index in [1.54, 1.807) is 0 Å². The van der Waals surface area contributed by atoms with Crippen LogP contribution in [0.5, 0.6) is 0 Å². The van der Waals surface area contributed by atoms with Crippen molar-refractivity contribution in [2.45, 2.75) is 32.4 Å². The summed E-state index contributed by atoms with van der Waals surface area (Å²) in [5.74, 6) is 2.17. The number of nitrogens with one attached hydrogen (secondary N) is 1. The average Bonchev–Trinajstić information content (AvgIpc) is 2.87. The maximum atomic E-state index is 5.70. The second-order valence-corrected chi connectivity index (χ2v) is 4.28. The van der Waals surface area contributed by atoms with Crippen molar-refractivity contribution in [2.24, 2.45) is 0 Å². The Morgan fingerprint density at radius 3 is 2.87 bits per heavy atom. The quantitative estimate of drug-likeness (QED) is 0.815. The van der Waals surface area contributed by atoms with Crippen LogP contribution in [0.3, 0.4) is 0 Å². The predicted octanol–water partition coefficient (Wildman–Crippen LogP) is 1.64. The number of likely N-dealkylation sites (N-methyl/N-ethyl adjacent to an activating group) is 1. The summed E-state index contributed by atoms with van der Waals surface area (Å²) in [6.45, 7) is 5.30. The molecule has 2 rings (SSSR count). The van der Waals surface area contributed by atoms with Gasteiger partial charge in [-0.2, -0.15) is 0 Å². The van der Waals surface area contributed by atoms with Crippen molar-refractivity contribution in [3.63, 3.8) is 0 Å². The summed E-state index contributed by atoms with van der Waals surface area (Å²) in [7, 11) is 2.17. The van der Waals surface area contributed by atoms with Gasteiger partial charge in [-0.1, -0.05) is 6.92 Å². The molecule has 0 bridgehead atoms. The molecular weight excluding hydrogens is 188 g/mol.